The highest BCUT2D eigenvalue weighted by atomic mass is 16.4. The summed E-state index contributed by atoms with van der Waals surface area (Å²) in [6.07, 6.45) is 5.02. The summed E-state index contributed by atoms with van der Waals surface area (Å²) in [6, 6.07) is -4.85. The van der Waals surface area contributed by atoms with Crippen molar-refractivity contribution in [1.29, 1.82) is 0 Å². The maximum Gasteiger partial charge on any atom is 0.326 e. The standard InChI is InChI=1S/C22H32N8O7/c1-11(2)18(22(36)37)30-21(35)16(6-13-8-25-10-27-13)29-20(34)15(3-4-17(31)32)28-19(33)14(23)5-12-7-24-9-26-12/h7-11,14-16,18H,3-6,23H2,1-2H3,(H,24,26)(H,25,27)(H,28,33)(H,29,34)(H,30,35)(H,31,32)(H,36,37). The number of rotatable bonds is 15. The van der Waals surface area contributed by atoms with Crippen LogP contribution in [0.3, 0.4) is 0 Å². The van der Waals surface area contributed by atoms with Crippen LogP contribution in [0.15, 0.2) is 25.0 Å². The lowest BCUT2D eigenvalue weighted by Gasteiger charge is -2.25. The zero-order valence-corrected chi connectivity index (χ0v) is 20.4. The summed E-state index contributed by atoms with van der Waals surface area (Å²) in [5.74, 6) is -5.19. The number of nitrogens with one attached hydrogen (secondary N) is 5. The molecule has 0 radical (unpaired) electrons. The topological polar surface area (TPSA) is 245 Å². The Morgan fingerprint density at radius 2 is 1.41 bits per heavy atom. The summed E-state index contributed by atoms with van der Waals surface area (Å²) in [5.41, 5.74) is 6.99. The molecule has 9 N–H and O–H groups in total. The summed E-state index contributed by atoms with van der Waals surface area (Å²) in [6.45, 7) is 3.23. The number of carbonyl (C=O) groups is 5. The molecule has 2 aromatic rings. The van der Waals surface area contributed by atoms with E-state index in [1.54, 1.807) is 13.8 Å². The fraction of sp³-hybridized carbons (Fsp3) is 0.500. The number of nitrogens with zero attached hydrogens (tertiary/aromatic N) is 2. The van der Waals surface area contributed by atoms with E-state index in [9.17, 15) is 29.1 Å². The van der Waals surface area contributed by atoms with Crippen LogP contribution in [0.1, 0.15) is 38.1 Å². The fourth-order valence-corrected chi connectivity index (χ4v) is 3.41. The predicted octanol–water partition coefficient (Wildman–Crippen LogP) is -1.69. The minimum Gasteiger partial charge on any atom is -0.481 e. The largest absolute Gasteiger partial charge is 0.481 e. The van der Waals surface area contributed by atoms with E-state index < -0.39 is 66.2 Å². The lowest BCUT2D eigenvalue weighted by molar-refractivity contribution is -0.143. The molecule has 0 aliphatic heterocycles. The summed E-state index contributed by atoms with van der Waals surface area (Å²) >= 11 is 0. The monoisotopic (exact) mass is 520 g/mol. The zero-order valence-electron chi connectivity index (χ0n) is 20.4. The molecule has 0 spiro atoms. The van der Waals surface area contributed by atoms with Gasteiger partial charge in [0.15, 0.2) is 0 Å². The van der Waals surface area contributed by atoms with E-state index >= 15 is 0 Å². The van der Waals surface area contributed by atoms with Crippen molar-refractivity contribution in [1.82, 2.24) is 35.9 Å². The van der Waals surface area contributed by atoms with Gasteiger partial charge in [0, 0.05) is 43.0 Å². The number of amides is 3. The Balaban J connectivity index is 2.18. The van der Waals surface area contributed by atoms with Crippen LogP contribution in [0.2, 0.25) is 0 Å². The molecule has 15 heteroatoms. The van der Waals surface area contributed by atoms with Crippen molar-refractivity contribution in [3.63, 3.8) is 0 Å². The number of aromatic amines is 2. The van der Waals surface area contributed by atoms with Gasteiger partial charge in [-0.15, -0.1) is 0 Å². The molecule has 15 nitrogen and oxygen atoms in total. The van der Waals surface area contributed by atoms with E-state index in [4.69, 9.17) is 10.8 Å². The van der Waals surface area contributed by atoms with Crippen LogP contribution < -0.4 is 21.7 Å². The number of carboxylic acids is 2. The van der Waals surface area contributed by atoms with E-state index in [2.05, 4.69) is 35.9 Å². The van der Waals surface area contributed by atoms with E-state index in [1.807, 2.05) is 0 Å². The first-order valence-corrected chi connectivity index (χ1v) is 11.5. The number of aromatic nitrogens is 4. The number of H-pyrrole nitrogens is 2. The maximum absolute atomic E-state index is 13.1. The molecule has 0 saturated carbocycles. The molecule has 4 unspecified atom stereocenters. The Labute approximate surface area is 212 Å². The molecular formula is C22H32N8O7. The van der Waals surface area contributed by atoms with Crippen molar-refractivity contribution >= 4 is 29.7 Å². The lowest BCUT2D eigenvalue weighted by atomic mass is 10.0. The van der Waals surface area contributed by atoms with Gasteiger partial charge in [-0.05, 0) is 12.3 Å². The van der Waals surface area contributed by atoms with Crippen LogP contribution in [0.5, 0.6) is 0 Å². The van der Waals surface area contributed by atoms with Gasteiger partial charge in [-0.1, -0.05) is 13.8 Å². The van der Waals surface area contributed by atoms with Gasteiger partial charge in [0.05, 0.1) is 18.7 Å². The first-order chi connectivity index (χ1) is 17.5. The fourth-order valence-electron chi connectivity index (χ4n) is 3.41. The highest BCUT2D eigenvalue weighted by Gasteiger charge is 2.32. The van der Waals surface area contributed by atoms with Crippen molar-refractivity contribution in [2.24, 2.45) is 11.7 Å². The minimum absolute atomic E-state index is 0.0685. The summed E-state index contributed by atoms with van der Waals surface area (Å²) in [7, 11) is 0. The number of carbonyl (C=O) groups excluding carboxylic acids is 3. The molecule has 4 atom stereocenters. The second-order valence-corrected chi connectivity index (χ2v) is 8.79. The molecule has 0 aromatic carbocycles. The molecule has 0 bridgehead atoms. The van der Waals surface area contributed by atoms with Crippen LogP contribution in [-0.4, -0.2) is 84.0 Å². The Kier molecular flexibility index (Phi) is 10.7. The molecule has 37 heavy (non-hydrogen) atoms. The normalized spacial score (nSPS) is 14.3. The predicted molar refractivity (Wildman–Crippen MR) is 128 cm³/mol. The van der Waals surface area contributed by atoms with Gasteiger partial charge in [0.1, 0.15) is 18.1 Å². The first-order valence-electron chi connectivity index (χ1n) is 11.5. The quantitative estimate of drug-likeness (QED) is 0.132. The first kappa shape index (κ1) is 29.0. The molecule has 0 saturated heterocycles. The van der Waals surface area contributed by atoms with Crippen LogP contribution in [-0.2, 0) is 36.8 Å². The third-order valence-corrected chi connectivity index (χ3v) is 5.45. The Hall–Kier alpha value is -4.27. The van der Waals surface area contributed by atoms with Gasteiger partial charge in [-0.25, -0.2) is 14.8 Å². The lowest BCUT2D eigenvalue weighted by Crippen LogP contribution is -2.58. The Bertz CT molecular complexity index is 1060. The molecule has 3 amide bonds. The molecular weight excluding hydrogens is 488 g/mol. The highest BCUT2D eigenvalue weighted by molar-refractivity contribution is 5.94. The van der Waals surface area contributed by atoms with Gasteiger partial charge in [-0.2, -0.15) is 0 Å². The zero-order chi connectivity index (χ0) is 27.5. The maximum atomic E-state index is 13.1. The van der Waals surface area contributed by atoms with Crippen molar-refractivity contribution in [2.45, 2.75) is 63.7 Å². The highest BCUT2D eigenvalue weighted by Crippen LogP contribution is 2.07. The van der Waals surface area contributed by atoms with Crippen LogP contribution >= 0.6 is 0 Å². The van der Waals surface area contributed by atoms with E-state index in [1.165, 1.54) is 25.0 Å². The number of nitrogens with two attached hydrogens (primary N) is 1. The van der Waals surface area contributed by atoms with Gasteiger partial charge >= 0.3 is 11.9 Å². The van der Waals surface area contributed by atoms with E-state index in [0.717, 1.165) is 0 Å². The SMILES string of the molecule is CC(C)C(NC(=O)C(Cc1cnc[nH]1)NC(=O)C(CCC(=O)O)NC(=O)C(N)Cc1cnc[nH]1)C(=O)O. The summed E-state index contributed by atoms with van der Waals surface area (Å²) in [5, 5.41) is 25.9. The number of aliphatic carboxylic acids is 2. The Morgan fingerprint density at radius 1 is 0.865 bits per heavy atom. The van der Waals surface area contributed by atoms with Crippen LogP contribution in [0.4, 0.5) is 0 Å². The number of carboxylic acid groups (broad SMARTS) is 2. The Morgan fingerprint density at radius 3 is 1.89 bits per heavy atom. The van der Waals surface area contributed by atoms with Crippen molar-refractivity contribution in [3.8, 4) is 0 Å². The van der Waals surface area contributed by atoms with Crippen molar-refractivity contribution < 1.29 is 34.2 Å². The van der Waals surface area contributed by atoms with Gasteiger partial charge in [0.25, 0.3) is 0 Å². The van der Waals surface area contributed by atoms with Gasteiger partial charge in [-0.3, -0.25) is 19.2 Å². The average Bonchev–Trinajstić information content (AvgIpc) is 3.53. The molecule has 2 rings (SSSR count). The summed E-state index contributed by atoms with van der Waals surface area (Å²) in [4.78, 5) is 74.8. The molecule has 2 heterocycles. The molecule has 0 aliphatic carbocycles. The van der Waals surface area contributed by atoms with E-state index in [-0.39, 0.29) is 19.3 Å². The van der Waals surface area contributed by atoms with Crippen molar-refractivity contribution in [3.05, 3.63) is 36.4 Å². The second kappa shape index (κ2) is 13.7. The molecule has 0 aliphatic rings. The number of imidazole rings is 2. The van der Waals surface area contributed by atoms with Gasteiger partial charge in [0.2, 0.25) is 17.7 Å². The summed E-state index contributed by atoms with van der Waals surface area (Å²) < 4.78 is 0. The van der Waals surface area contributed by atoms with E-state index in [0.29, 0.717) is 11.4 Å². The molecule has 0 fully saturated rings. The van der Waals surface area contributed by atoms with Gasteiger partial charge < -0.3 is 41.9 Å². The average molecular weight is 521 g/mol. The molecule has 2 aromatic heterocycles. The van der Waals surface area contributed by atoms with Crippen LogP contribution in [0.25, 0.3) is 0 Å². The minimum atomic E-state index is -1.33. The smallest absolute Gasteiger partial charge is 0.326 e. The number of hydrogen-bond donors (Lipinski definition) is 8. The van der Waals surface area contributed by atoms with Crippen LogP contribution in [0, 0.1) is 5.92 Å². The third kappa shape index (κ3) is 9.36. The second-order valence-electron chi connectivity index (χ2n) is 8.79. The molecule has 202 valence electrons. The third-order valence-electron chi connectivity index (χ3n) is 5.45. The number of hydrogen-bond acceptors (Lipinski definition) is 8. The van der Waals surface area contributed by atoms with Crippen molar-refractivity contribution in [2.75, 3.05) is 0 Å².